The molecule has 92 valence electrons. The van der Waals surface area contributed by atoms with Crippen LogP contribution < -0.4 is 5.69 Å². The average Bonchev–Trinajstić information content (AvgIpc) is 3.03. The van der Waals surface area contributed by atoms with Crippen molar-refractivity contribution in [2.75, 3.05) is 6.61 Å². The van der Waals surface area contributed by atoms with Crippen LogP contribution in [0.25, 0.3) is 0 Å². The van der Waals surface area contributed by atoms with E-state index >= 15 is 0 Å². The van der Waals surface area contributed by atoms with Gasteiger partial charge in [0, 0.05) is 12.5 Å². The molecule has 1 atom stereocenters. The summed E-state index contributed by atoms with van der Waals surface area (Å²) in [5, 5.41) is 6.73. The van der Waals surface area contributed by atoms with E-state index in [1.165, 1.54) is 0 Å². The second-order valence-corrected chi connectivity index (χ2v) is 4.77. The van der Waals surface area contributed by atoms with Crippen molar-refractivity contribution in [3.8, 4) is 0 Å². The van der Waals surface area contributed by atoms with Crippen molar-refractivity contribution in [3.05, 3.63) is 28.5 Å². The summed E-state index contributed by atoms with van der Waals surface area (Å²) in [6.07, 6.45) is 8.59. The van der Waals surface area contributed by atoms with Gasteiger partial charge in [0.25, 0.3) is 0 Å². The summed E-state index contributed by atoms with van der Waals surface area (Å²) in [7, 11) is 0. The third-order valence-electron chi connectivity index (χ3n) is 3.57. The molecule has 0 bridgehead atoms. The fraction of sp³-hybridized carbons (Fsp3) is 0.667. The van der Waals surface area contributed by atoms with Gasteiger partial charge in [-0.15, -0.1) is 0 Å². The Balaban J connectivity index is 1.81. The van der Waals surface area contributed by atoms with Gasteiger partial charge in [0.2, 0.25) is 0 Å². The van der Waals surface area contributed by atoms with Crippen LogP contribution in [0.15, 0.2) is 16.9 Å². The molecule has 1 saturated heterocycles. The van der Waals surface area contributed by atoms with Crippen molar-refractivity contribution in [1.29, 1.82) is 0 Å². The molecule has 2 heterocycles. The Morgan fingerprint density at radius 1 is 1.47 bits per heavy atom. The van der Waals surface area contributed by atoms with Crippen LogP contribution in [0.1, 0.15) is 37.4 Å². The average molecular weight is 235 g/mol. The lowest BCUT2D eigenvalue weighted by molar-refractivity contribution is 0.0952. The Bertz CT molecular complexity index is 460. The number of rotatable bonds is 3. The first-order chi connectivity index (χ1) is 8.34. The molecule has 0 saturated carbocycles. The van der Waals surface area contributed by atoms with Gasteiger partial charge in [0.15, 0.2) is 0 Å². The number of hydrogen-bond acceptors (Lipinski definition) is 3. The van der Waals surface area contributed by atoms with Gasteiger partial charge < -0.3 is 4.74 Å². The zero-order valence-corrected chi connectivity index (χ0v) is 9.76. The summed E-state index contributed by atoms with van der Waals surface area (Å²) < 4.78 is 7.34. The quantitative estimate of drug-likeness (QED) is 0.800. The molecular weight excluding hydrogens is 218 g/mol. The molecular formula is C12H17N3O2. The molecule has 1 aliphatic carbocycles. The number of aromatic amines is 1. The SMILES string of the molecule is O=c1[nH]nc(C2CC=CC2)n1CC1CCCO1. The maximum atomic E-state index is 11.8. The van der Waals surface area contributed by atoms with Crippen molar-refractivity contribution >= 4 is 0 Å². The van der Waals surface area contributed by atoms with Gasteiger partial charge in [0.05, 0.1) is 12.6 Å². The van der Waals surface area contributed by atoms with E-state index in [0.29, 0.717) is 12.5 Å². The second-order valence-electron chi connectivity index (χ2n) is 4.77. The van der Waals surface area contributed by atoms with Gasteiger partial charge in [-0.2, -0.15) is 5.10 Å². The molecule has 5 nitrogen and oxygen atoms in total. The highest BCUT2D eigenvalue weighted by atomic mass is 16.5. The van der Waals surface area contributed by atoms with Crippen LogP contribution in [0.3, 0.4) is 0 Å². The molecule has 0 spiro atoms. The molecule has 1 N–H and O–H groups in total. The molecule has 5 heteroatoms. The highest BCUT2D eigenvalue weighted by Crippen LogP contribution is 2.27. The minimum atomic E-state index is -0.109. The van der Waals surface area contributed by atoms with Crippen molar-refractivity contribution in [3.63, 3.8) is 0 Å². The van der Waals surface area contributed by atoms with Gasteiger partial charge >= 0.3 is 5.69 Å². The number of nitrogens with one attached hydrogen (secondary N) is 1. The lowest BCUT2D eigenvalue weighted by Crippen LogP contribution is -2.26. The highest BCUT2D eigenvalue weighted by molar-refractivity contribution is 5.09. The number of nitrogens with zero attached hydrogens (tertiary/aromatic N) is 2. The van der Waals surface area contributed by atoms with E-state index in [1.54, 1.807) is 4.57 Å². The third kappa shape index (κ3) is 2.07. The van der Waals surface area contributed by atoms with E-state index in [9.17, 15) is 4.79 Å². The lowest BCUT2D eigenvalue weighted by atomic mass is 10.1. The summed E-state index contributed by atoms with van der Waals surface area (Å²) in [5.41, 5.74) is -0.109. The molecule has 1 unspecified atom stereocenters. The van der Waals surface area contributed by atoms with E-state index in [2.05, 4.69) is 22.3 Å². The Labute approximate surface area is 99.5 Å². The molecule has 1 aromatic rings. The Kier molecular flexibility index (Phi) is 2.84. The zero-order chi connectivity index (χ0) is 11.7. The molecule has 0 radical (unpaired) electrons. The molecule has 3 rings (SSSR count). The molecule has 17 heavy (non-hydrogen) atoms. The summed E-state index contributed by atoms with van der Waals surface area (Å²) in [4.78, 5) is 11.8. The predicted octanol–water partition coefficient (Wildman–Crippen LogP) is 1.18. The number of H-pyrrole nitrogens is 1. The monoisotopic (exact) mass is 235 g/mol. The maximum absolute atomic E-state index is 11.8. The van der Waals surface area contributed by atoms with Crippen LogP contribution >= 0.6 is 0 Å². The van der Waals surface area contributed by atoms with Gasteiger partial charge in [-0.3, -0.25) is 4.57 Å². The summed E-state index contributed by atoms with van der Waals surface area (Å²) in [6.45, 7) is 1.46. The molecule has 1 aromatic heterocycles. The molecule has 0 aromatic carbocycles. The van der Waals surface area contributed by atoms with Crippen molar-refractivity contribution < 1.29 is 4.74 Å². The molecule has 1 fully saturated rings. The molecule has 2 aliphatic rings. The van der Waals surface area contributed by atoms with Crippen molar-refractivity contribution in [2.24, 2.45) is 0 Å². The second kappa shape index (κ2) is 4.49. The number of aromatic nitrogens is 3. The van der Waals surface area contributed by atoms with E-state index in [1.807, 2.05) is 0 Å². The van der Waals surface area contributed by atoms with E-state index in [-0.39, 0.29) is 11.8 Å². The predicted molar refractivity (Wildman–Crippen MR) is 62.9 cm³/mol. The van der Waals surface area contributed by atoms with Crippen molar-refractivity contribution in [2.45, 2.75) is 44.2 Å². The Morgan fingerprint density at radius 3 is 3.00 bits per heavy atom. The standard InChI is InChI=1S/C12H17N3O2/c16-12-14-13-11(9-4-1-2-5-9)15(12)8-10-6-3-7-17-10/h1-2,9-10H,3-8H2,(H,14,16). The smallest absolute Gasteiger partial charge is 0.343 e. The maximum Gasteiger partial charge on any atom is 0.343 e. The first kappa shape index (κ1) is 10.8. The number of hydrogen-bond donors (Lipinski definition) is 1. The van der Waals surface area contributed by atoms with Crippen LogP contribution in [0, 0.1) is 0 Å². The topological polar surface area (TPSA) is 59.9 Å². The van der Waals surface area contributed by atoms with Gasteiger partial charge in [-0.25, -0.2) is 9.89 Å². The third-order valence-corrected chi connectivity index (χ3v) is 3.57. The Morgan fingerprint density at radius 2 is 2.29 bits per heavy atom. The normalized spacial score (nSPS) is 24.8. The van der Waals surface area contributed by atoms with Crippen LogP contribution in [0.5, 0.6) is 0 Å². The Hall–Kier alpha value is -1.36. The number of ether oxygens (including phenoxy) is 1. The number of allylic oxidation sites excluding steroid dienone is 2. The lowest BCUT2D eigenvalue weighted by Gasteiger charge is -2.14. The zero-order valence-electron chi connectivity index (χ0n) is 9.76. The first-order valence-electron chi connectivity index (χ1n) is 6.26. The minimum absolute atomic E-state index is 0.109. The van der Waals surface area contributed by atoms with Crippen LogP contribution in [-0.2, 0) is 11.3 Å². The minimum Gasteiger partial charge on any atom is -0.376 e. The van der Waals surface area contributed by atoms with Crippen LogP contribution in [0.4, 0.5) is 0 Å². The van der Waals surface area contributed by atoms with Gasteiger partial charge in [0.1, 0.15) is 5.82 Å². The highest BCUT2D eigenvalue weighted by Gasteiger charge is 2.24. The van der Waals surface area contributed by atoms with Crippen LogP contribution in [0.2, 0.25) is 0 Å². The van der Waals surface area contributed by atoms with Crippen LogP contribution in [-0.4, -0.2) is 27.5 Å². The largest absolute Gasteiger partial charge is 0.376 e. The van der Waals surface area contributed by atoms with E-state index in [4.69, 9.17) is 4.74 Å². The molecule has 1 aliphatic heterocycles. The van der Waals surface area contributed by atoms with Gasteiger partial charge in [-0.05, 0) is 25.7 Å². The van der Waals surface area contributed by atoms with E-state index < -0.39 is 0 Å². The van der Waals surface area contributed by atoms with Crippen molar-refractivity contribution in [1.82, 2.24) is 14.8 Å². The summed E-state index contributed by atoms with van der Waals surface area (Å²) in [6, 6.07) is 0. The fourth-order valence-corrected chi connectivity index (χ4v) is 2.64. The van der Waals surface area contributed by atoms with Gasteiger partial charge in [-0.1, -0.05) is 12.2 Å². The summed E-state index contributed by atoms with van der Waals surface area (Å²) in [5.74, 6) is 1.24. The fourth-order valence-electron chi connectivity index (χ4n) is 2.64. The summed E-state index contributed by atoms with van der Waals surface area (Å²) >= 11 is 0. The van der Waals surface area contributed by atoms with E-state index in [0.717, 1.165) is 38.1 Å². The first-order valence-corrected chi connectivity index (χ1v) is 6.26. The molecule has 0 amide bonds.